The second kappa shape index (κ2) is 7.82. The van der Waals surface area contributed by atoms with Gasteiger partial charge >= 0.3 is 0 Å². The van der Waals surface area contributed by atoms with E-state index in [0.29, 0.717) is 16.6 Å². The van der Waals surface area contributed by atoms with Gasteiger partial charge < -0.3 is 10.2 Å². The van der Waals surface area contributed by atoms with E-state index in [4.69, 9.17) is 11.6 Å². The van der Waals surface area contributed by atoms with Crippen molar-refractivity contribution in [3.63, 3.8) is 0 Å². The number of amides is 1. The number of nitrogens with one attached hydrogen (secondary N) is 1. The molecule has 1 aliphatic heterocycles. The SMILES string of the molecule is CN1CCCC1CCNC(=O)c1cccc(-c2ccc(Cl)cc2)c1. The molecule has 2 aromatic carbocycles. The molecule has 0 bridgehead atoms. The molecule has 2 aromatic rings. The third-order valence-corrected chi connectivity index (χ3v) is 4.99. The highest BCUT2D eigenvalue weighted by Crippen LogP contribution is 2.22. The van der Waals surface area contributed by atoms with Gasteiger partial charge in [-0.2, -0.15) is 0 Å². The number of halogens is 1. The number of nitrogens with zero attached hydrogens (tertiary/aromatic N) is 1. The third kappa shape index (κ3) is 4.16. The summed E-state index contributed by atoms with van der Waals surface area (Å²) < 4.78 is 0. The number of carbonyl (C=O) groups excluding carboxylic acids is 1. The van der Waals surface area contributed by atoms with Crippen molar-refractivity contribution in [1.82, 2.24) is 10.2 Å². The minimum atomic E-state index is -0.00790. The van der Waals surface area contributed by atoms with Gasteiger partial charge in [-0.1, -0.05) is 35.9 Å². The zero-order valence-electron chi connectivity index (χ0n) is 14.0. The van der Waals surface area contributed by atoms with Crippen molar-refractivity contribution >= 4 is 17.5 Å². The van der Waals surface area contributed by atoms with Crippen LogP contribution in [0.3, 0.4) is 0 Å². The lowest BCUT2D eigenvalue weighted by Gasteiger charge is -2.19. The van der Waals surface area contributed by atoms with Crippen LogP contribution < -0.4 is 5.32 Å². The normalized spacial score (nSPS) is 17.8. The second-order valence-corrected chi connectivity index (χ2v) is 6.85. The molecule has 1 amide bonds. The van der Waals surface area contributed by atoms with Gasteiger partial charge in [-0.05, 0) is 68.2 Å². The van der Waals surface area contributed by atoms with E-state index in [9.17, 15) is 4.79 Å². The Labute approximate surface area is 148 Å². The topological polar surface area (TPSA) is 32.3 Å². The Morgan fingerprint density at radius 2 is 2.00 bits per heavy atom. The average Bonchev–Trinajstić information content (AvgIpc) is 3.01. The number of likely N-dealkylation sites (tertiary alicyclic amines) is 1. The molecule has 3 rings (SSSR count). The molecule has 1 saturated heterocycles. The lowest BCUT2D eigenvalue weighted by molar-refractivity contribution is 0.0950. The van der Waals surface area contributed by atoms with E-state index in [-0.39, 0.29) is 5.91 Å². The summed E-state index contributed by atoms with van der Waals surface area (Å²) in [6, 6.07) is 16.0. The monoisotopic (exact) mass is 342 g/mol. The van der Waals surface area contributed by atoms with E-state index < -0.39 is 0 Å². The van der Waals surface area contributed by atoms with Gasteiger partial charge in [-0.15, -0.1) is 0 Å². The average molecular weight is 343 g/mol. The standard InChI is InChI=1S/C20H23ClN2O/c1-23-13-3-6-19(23)11-12-22-20(24)17-5-2-4-16(14-17)15-7-9-18(21)10-8-15/h2,4-5,7-10,14,19H,3,6,11-13H2,1H3,(H,22,24). The smallest absolute Gasteiger partial charge is 0.251 e. The van der Waals surface area contributed by atoms with Crippen molar-refractivity contribution in [2.24, 2.45) is 0 Å². The number of hydrogen-bond acceptors (Lipinski definition) is 2. The van der Waals surface area contributed by atoms with E-state index in [1.807, 2.05) is 48.5 Å². The number of benzene rings is 2. The highest BCUT2D eigenvalue weighted by Gasteiger charge is 2.20. The van der Waals surface area contributed by atoms with Crippen molar-refractivity contribution in [1.29, 1.82) is 0 Å². The van der Waals surface area contributed by atoms with Gasteiger partial charge in [0.15, 0.2) is 0 Å². The number of carbonyl (C=O) groups is 1. The van der Waals surface area contributed by atoms with E-state index in [1.54, 1.807) is 0 Å². The summed E-state index contributed by atoms with van der Waals surface area (Å²) in [4.78, 5) is 14.8. The Morgan fingerprint density at radius 3 is 2.71 bits per heavy atom. The molecule has 3 nitrogen and oxygen atoms in total. The van der Waals surface area contributed by atoms with Crippen LogP contribution in [-0.2, 0) is 0 Å². The number of hydrogen-bond donors (Lipinski definition) is 1. The van der Waals surface area contributed by atoms with E-state index in [2.05, 4.69) is 17.3 Å². The van der Waals surface area contributed by atoms with Crippen molar-refractivity contribution in [3.8, 4) is 11.1 Å². The maximum atomic E-state index is 12.4. The fourth-order valence-corrected chi connectivity index (χ4v) is 3.41. The quantitative estimate of drug-likeness (QED) is 0.882. The number of rotatable bonds is 5. The molecule has 4 heteroatoms. The lowest BCUT2D eigenvalue weighted by atomic mass is 10.0. The van der Waals surface area contributed by atoms with E-state index in [0.717, 1.165) is 24.1 Å². The summed E-state index contributed by atoms with van der Waals surface area (Å²) in [5.74, 6) is -0.00790. The summed E-state index contributed by atoms with van der Waals surface area (Å²) in [5.41, 5.74) is 2.78. The molecule has 0 aliphatic carbocycles. The van der Waals surface area contributed by atoms with Crippen LogP contribution in [-0.4, -0.2) is 37.0 Å². The predicted octanol–water partition coefficient (Wildman–Crippen LogP) is 4.22. The highest BCUT2D eigenvalue weighted by atomic mass is 35.5. The molecular formula is C20H23ClN2O. The molecule has 1 aliphatic rings. The van der Waals surface area contributed by atoms with Crippen LogP contribution in [0.2, 0.25) is 5.02 Å². The van der Waals surface area contributed by atoms with Crippen LogP contribution in [0, 0.1) is 0 Å². The fourth-order valence-electron chi connectivity index (χ4n) is 3.28. The molecule has 126 valence electrons. The van der Waals surface area contributed by atoms with Gasteiger partial charge in [0.2, 0.25) is 0 Å². The second-order valence-electron chi connectivity index (χ2n) is 6.41. The van der Waals surface area contributed by atoms with E-state index in [1.165, 1.54) is 19.4 Å². The first-order valence-electron chi connectivity index (χ1n) is 8.48. The zero-order chi connectivity index (χ0) is 16.9. The van der Waals surface area contributed by atoms with Crippen LogP contribution >= 0.6 is 11.6 Å². The van der Waals surface area contributed by atoms with Gasteiger partial charge in [0.05, 0.1) is 0 Å². The summed E-state index contributed by atoms with van der Waals surface area (Å²) in [6.07, 6.45) is 3.51. The van der Waals surface area contributed by atoms with Crippen molar-refractivity contribution in [2.45, 2.75) is 25.3 Å². The minimum absolute atomic E-state index is 0.00790. The molecule has 24 heavy (non-hydrogen) atoms. The van der Waals surface area contributed by atoms with Crippen molar-refractivity contribution < 1.29 is 4.79 Å². The van der Waals surface area contributed by atoms with Crippen LogP contribution in [0.5, 0.6) is 0 Å². The molecule has 0 aromatic heterocycles. The van der Waals surface area contributed by atoms with Gasteiger partial charge in [-0.25, -0.2) is 0 Å². The van der Waals surface area contributed by atoms with Crippen LogP contribution in [0.25, 0.3) is 11.1 Å². The summed E-state index contributed by atoms with van der Waals surface area (Å²) in [6.45, 7) is 1.89. The third-order valence-electron chi connectivity index (χ3n) is 4.74. The van der Waals surface area contributed by atoms with Crippen molar-refractivity contribution in [3.05, 3.63) is 59.1 Å². The minimum Gasteiger partial charge on any atom is -0.352 e. The highest BCUT2D eigenvalue weighted by molar-refractivity contribution is 6.30. The largest absolute Gasteiger partial charge is 0.352 e. The van der Waals surface area contributed by atoms with Gasteiger partial charge in [0.25, 0.3) is 5.91 Å². The maximum absolute atomic E-state index is 12.4. The first-order valence-corrected chi connectivity index (χ1v) is 8.86. The first-order chi connectivity index (χ1) is 11.6. The van der Waals surface area contributed by atoms with Crippen molar-refractivity contribution in [2.75, 3.05) is 20.1 Å². The van der Waals surface area contributed by atoms with Crippen LogP contribution in [0.4, 0.5) is 0 Å². The van der Waals surface area contributed by atoms with Gasteiger partial charge in [0, 0.05) is 23.2 Å². The van der Waals surface area contributed by atoms with Gasteiger partial charge in [0.1, 0.15) is 0 Å². The molecule has 0 radical (unpaired) electrons. The molecule has 1 heterocycles. The molecule has 1 atom stereocenters. The molecule has 1 unspecified atom stereocenters. The predicted molar refractivity (Wildman–Crippen MR) is 99.5 cm³/mol. The molecule has 0 spiro atoms. The lowest BCUT2D eigenvalue weighted by Crippen LogP contribution is -2.31. The first kappa shape index (κ1) is 17.0. The Hall–Kier alpha value is -1.84. The Kier molecular flexibility index (Phi) is 5.54. The zero-order valence-corrected chi connectivity index (χ0v) is 14.7. The Balaban J connectivity index is 1.60. The molecule has 0 saturated carbocycles. The summed E-state index contributed by atoms with van der Waals surface area (Å²) in [7, 11) is 2.16. The maximum Gasteiger partial charge on any atom is 0.251 e. The summed E-state index contributed by atoms with van der Waals surface area (Å²) in [5, 5.41) is 3.76. The van der Waals surface area contributed by atoms with Crippen LogP contribution in [0.1, 0.15) is 29.6 Å². The molecule has 1 fully saturated rings. The molecular weight excluding hydrogens is 320 g/mol. The fraction of sp³-hybridized carbons (Fsp3) is 0.350. The Morgan fingerprint density at radius 1 is 1.21 bits per heavy atom. The molecule has 1 N–H and O–H groups in total. The summed E-state index contributed by atoms with van der Waals surface area (Å²) >= 11 is 5.93. The Bertz CT molecular complexity index is 699. The van der Waals surface area contributed by atoms with E-state index >= 15 is 0 Å². The van der Waals surface area contributed by atoms with Crippen LogP contribution in [0.15, 0.2) is 48.5 Å². The van der Waals surface area contributed by atoms with Gasteiger partial charge in [-0.3, -0.25) is 4.79 Å².